The van der Waals surface area contributed by atoms with Gasteiger partial charge in [-0.05, 0) is 59.1 Å². The Labute approximate surface area is 156 Å². The molecule has 0 bridgehead atoms. The first-order valence-electron chi connectivity index (χ1n) is 8.40. The molecule has 0 aliphatic carbocycles. The van der Waals surface area contributed by atoms with E-state index in [1.165, 1.54) is 16.8 Å². The predicted molar refractivity (Wildman–Crippen MR) is 106 cm³/mol. The Morgan fingerprint density at radius 3 is 2.62 bits per heavy atom. The van der Waals surface area contributed by atoms with Crippen LogP contribution in [0.25, 0.3) is 16.9 Å². The van der Waals surface area contributed by atoms with Crippen molar-refractivity contribution >= 4 is 17.0 Å². The van der Waals surface area contributed by atoms with E-state index in [9.17, 15) is 0 Å². The number of thiophene rings is 1. The van der Waals surface area contributed by atoms with E-state index in [0.717, 1.165) is 29.1 Å². The molecule has 0 amide bonds. The summed E-state index contributed by atoms with van der Waals surface area (Å²) in [5.74, 6) is 1.43. The quantitative estimate of drug-likeness (QED) is 0.501. The van der Waals surface area contributed by atoms with Crippen LogP contribution in [0.1, 0.15) is 16.8 Å². The van der Waals surface area contributed by atoms with Crippen LogP contribution in [-0.4, -0.2) is 23.6 Å². The summed E-state index contributed by atoms with van der Waals surface area (Å²) in [6.45, 7) is 2.10. The van der Waals surface area contributed by atoms with Crippen molar-refractivity contribution in [1.82, 2.24) is 9.38 Å². The number of aromatic nitrogens is 2. The standard InChI is InChI=1S/C21H20N2O2S/c1-14-4-7-20-22-21(16-5-6-18(24-2)19(11-16)25-3)17(23(20)12-14)10-15-8-9-26-13-15/h4-9,11-13H,10H2,1-3H3. The lowest BCUT2D eigenvalue weighted by Gasteiger charge is -2.10. The third-order valence-electron chi connectivity index (χ3n) is 4.47. The molecule has 0 aliphatic rings. The van der Waals surface area contributed by atoms with Crippen molar-refractivity contribution in [2.45, 2.75) is 13.3 Å². The lowest BCUT2D eigenvalue weighted by molar-refractivity contribution is 0.355. The zero-order valence-electron chi connectivity index (χ0n) is 15.0. The maximum atomic E-state index is 5.48. The predicted octanol–water partition coefficient (Wildman–Crippen LogP) is 4.98. The van der Waals surface area contributed by atoms with Crippen LogP contribution in [0.2, 0.25) is 0 Å². The fourth-order valence-corrected chi connectivity index (χ4v) is 3.84. The molecule has 0 aliphatic heterocycles. The molecule has 4 nitrogen and oxygen atoms in total. The average Bonchev–Trinajstić information content (AvgIpc) is 3.30. The molecular formula is C21H20N2O2S. The molecule has 1 aromatic carbocycles. The summed E-state index contributed by atoms with van der Waals surface area (Å²) >= 11 is 1.72. The van der Waals surface area contributed by atoms with Crippen molar-refractivity contribution in [3.8, 4) is 22.8 Å². The number of pyridine rings is 1. The molecule has 0 N–H and O–H groups in total. The van der Waals surface area contributed by atoms with Crippen molar-refractivity contribution in [3.63, 3.8) is 0 Å². The second-order valence-corrected chi connectivity index (χ2v) is 7.00. The molecule has 3 aromatic heterocycles. The minimum Gasteiger partial charge on any atom is -0.493 e. The Hall–Kier alpha value is -2.79. The summed E-state index contributed by atoms with van der Waals surface area (Å²) in [6, 6.07) is 12.3. The van der Waals surface area contributed by atoms with Gasteiger partial charge in [0.15, 0.2) is 11.5 Å². The fraction of sp³-hybridized carbons (Fsp3) is 0.190. The summed E-state index contributed by atoms with van der Waals surface area (Å²) in [7, 11) is 3.30. The molecule has 132 valence electrons. The summed E-state index contributed by atoms with van der Waals surface area (Å²) in [5.41, 5.74) is 6.62. The number of aryl methyl sites for hydroxylation is 1. The van der Waals surface area contributed by atoms with Crippen LogP contribution in [0.4, 0.5) is 0 Å². The minimum atomic E-state index is 0.708. The highest BCUT2D eigenvalue weighted by Gasteiger charge is 2.17. The highest BCUT2D eigenvalue weighted by atomic mass is 32.1. The van der Waals surface area contributed by atoms with Gasteiger partial charge in [-0.25, -0.2) is 4.98 Å². The van der Waals surface area contributed by atoms with Gasteiger partial charge >= 0.3 is 0 Å². The lowest BCUT2D eigenvalue weighted by Crippen LogP contribution is -1.97. The monoisotopic (exact) mass is 364 g/mol. The number of benzene rings is 1. The van der Waals surface area contributed by atoms with E-state index in [-0.39, 0.29) is 0 Å². The van der Waals surface area contributed by atoms with Crippen molar-refractivity contribution < 1.29 is 9.47 Å². The van der Waals surface area contributed by atoms with Gasteiger partial charge in [0, 0.05) is 18.2 Å². The Morgan fingerprint density at radius 1 is 1.04 bits per heavy atom. The van der Waals surface area contributed by atoms with E-state index in [1.807, 2.05) is 18.2 Å². The number of fused-ring (bicyclic) bond motifs is 1. The van der Waals surface area contributed by atoms with Crippen LogP contribution >= 0.6 is 11.3 Å². The molecule has 4 rings (SSSR count). The van der Waals surface area contributed by atoms with Crippen LogP contribution in [0.3, 0.4) is 0 Å². The zero-order valence-corrected chi connectivity index (χ0v) is 15.8. The van der Waals surface area contributed by atoms with E-state index in [1.54, 1.807) is 25.6 Å². The summed E-state index contributed by atoms with van der Waals surface area (Å²) in [5, 5.41) is 4.30. The number of rotatable bonds is 5. The first-order valence-corrected chi connectivity index (χ1v) is 9.35. The smallest absolute Gasteiger partial charge is 0.161 e. The van der Waals surface area contributed by atoms with E-state index < -0.39 is 0 Å². The van der Waals surface area contributed by atoms with Gasteiger partial charge in [0.05, 0.1) is 25.6 Å². The van der Waals surface area contributed by atoms with E-state index in [2.05, 4.69) is 46.5 Å². The first kappa shape index (κ1) is 16.7. The lowest BCUT2D eigenvalue weighted by atomic mass is 10.1. The van der Waals surface area contributed by atoms with Crippen LogP contribution in [-0.2, 0) is 6.42 Å². The number of nitrogens with zero attached hydrogens (tertiary/aromatic N) is 2. The molecule has 4 aromatic rings. The van der Waals surface area contributed by atoms with Crippen molar-refractivity contribution in [3.05, 3.63) is 70.2 Å². The molecule has 0 spiro atoms. The number of hydrogen-bond donors (Lipinski definition) is 0. The number of ether oxygens (including phenoxy) is 2. The third-order valence-corrected chi connectivity index (χ3v) is 5.21. The largest absolute Gasteiger partial charge is 0.493 e. The second kappa shape index (κ2) is 6.84. The molecule has 3 heterocycles. The second-order valence-electron chi connectivity index (χ2n) is 6.22. The van der Waals surface area contributed by atoms with Gasteiger partial charge in [0.25, 0.3) is 0 Å². The molecule has 0 saturated heterocycles. The van der Waals surface area contributed by atoms with E-state index in [0.29, 0.717) is 5.75 Å². The maximum absolute atomic E-state index is 5.48. The molecule has 26 heavy (non-hydrogen) atoms. The van der Waals surface area contributed by atoms with E-state index in [4.69, 9.17) is 14.5 Å². The summed E-state index contributed by atoms with van der Waals surface area (Å²) in [4.78, 5) is 4.91. The van der Waals surface area contributed by atoms with E-state index >= 15 is 0 Å². The average molecular weight is 364 g/mol. The van der Waals surface area contributed by atoms with Gasteiger partial charge in [-0.1, -0.05) is 6.07 Å². The fourth-order valence-electron chi connectivity index (χ4n) is 3.17. The van der Waals surface area contributed by atoms with Crippen LogP contribution in [0.15, 0.2) is 53.4 Å². The molecule has 5 heteroatoms. The number of methoxy groups -OCH3 is 2. The van der Waals surface area contributed by atoms with Gasteiger partial charge in [-0.2, -0.15) is 11.3 Å². The van der Waals surface area contributed by atoms with Gasteiger partial charge in [0.1, 0.15) is 5.65 Å². The third kappa shape index (κ3) is 2.95. The Morgan fingerprint density at radius 2 is 1.88 bits per heavy atom. The van der Waals surface area contributed by atoms with Crippen molar-refractivity contribution in [1.29, 1.82) is 0 Å². The highest BCUT2D eigenvalue weighted by molar-refractivity contribution is 7.07. The molecule has 0 unspecified atom stereocenters. The Kier molecular flexibility index (Phi) is 4.39. The normalized spacial score (nSPS) is 11.0. The van der Waals surface area contributed by atoms with Crippen LogP contribution < -0.4 is 9.47 Å². The number of hydrogen-bond acceptors (Lipinski definition) is 4. The topological polar surface area (TPSA) is 35.8 Å². The Bertz CT molecular complexity index is 1050. The summed E-state index contributed by atoms with van der Waals surface area (Å²) < 4.78 is 13.0. The minimum absolute atomic E-state index is 0.708. The first-order chi connectivity index (χ1) is 12.7. The van der Waals surface area contributed by atoms with Gasteiger partial charge in [0.2, 0.25) is 0 Å². The SMILES string of the molecule is COc1ccc(-c2nc3ccc(C)cn3c2Cc2ccsc2)cc1OC. The molecule has 0 fully saturated rings. The number of imidazole rings is 1. The van der Waals surface area contributed by atoms with Gasteiger partial charge < -0.3 is 13.9 Å². The Balaban J connectivity index is 1.91. The van der Waals surface area contributed by atoms with Crippen LogP contribution in [0, 0.1) is 6.92 Å². The summed E-state index contributed by atoms with van der Waals surface area (Å²) in [6.07, 6.45) is 2.98. The van der Waals surface area contributed by atoms with Gasteiger partial charge in [-0.3, -0.25) is 0 Å². The molecule has 0 saturated carbocycles. The van der Waals surface area contributed by atoms with Crippen molar-refractivity contribution in [2.75, 3.05) is 14.2 Å². The van der Waals surface area contributed by atoms with Crippen molar-refractivity contribution in [2.24, 2.45) is 0 Å². The molecular weight excluding hydrogens is 344 g/mol. The molecule has 0 radical (unpaired) electrons. The molecule has 0 atom stereocenters. The van der Waals surface area contributed by atoms with Crippen LogP contribution in [0.5, 0.6) is 11.5 Å². The highest BCUT2D eigenvalue weighted by Crippen LogP contribution is 2.34. The van der Waals surface area contributed by atoms with Gasteiger partial charge in [-0.15, -0.1) is 0 Å². The zero-order chi connectivity index (χ0) is 18.1. The maximum Gasteiger partial charge on any atom is 0.161 e.